The molecule has 0 atom stereocenters. The van der Waals surface area contributed by atoms with Gasteiger partial charge in [0.05, 0.1) is 5.69 Å². The molecule has 0 unspecified atom stereocenters. The molecule has 4 nitrogen and oxygen atoms in total. The summed E-state index contributed by atoms with van der Waals surface area (Å²) < 4.78 is 66.4. The van der Waals surface area contributed by atoms with Crippen LogP contribution in [-0.4, -0.2) is 13.9 Å². The van der Waals surface area contributed by atoms with E-state index in [9.17, 15) is 21.6 Å². The van der Waals surface area contributed by atoms with Gasteiger partial charge in [0.2, 0.25) is 0 Å². The van der Waals surface area contributed by atoms with Crippen molar-refractivity contribution < 1.29 is 21.6 Å². The quantitative estimate of drug-likeness (QED) is 0.258. The first-order valence-electron chi connectivity index (χ1n) is 8.77. The summed E-state index contributed by atoms with van der Waals surface area (Å²) in [7, 11) is -5.64. The fourth-order valence-electron chi connectivity index (χ4n) is 3.45. The number of rotatable bonds is 3. The molecule has 0 aliphatic heterocycles. The molecule has 31 heavy (non-hydrogen) atoms. The van der Waals surface area contributed by atoms with E-state index in [1.165, 1.54) is 6.07 Å². The molecule has 0 aliphatic carbocycles. The van der Waals surface area contributed by atoms with Crippen molar-refractivity contribution in [2.45, 2.75) is 5.51 Å². The van der Waals surface area contributed by atoms with E-state index < -0.39 is 15.5 Å². The van der Waals surface area contributed by atoms with Gasteiger partial charge in [-0.3, -0.25) is 4.72 Å². The second-order valence-corrected chi connectivity index (χ2v) is 10.3. The first kappa shape index (κ1) is 21.9. The van der Waals surface area contributed by atoms with Crippen molar-refractivity contribution in [1.29, 1.82) is 0 Å². The van der Waals surface area contributed by atoms with Crippen LogP contribution in [0.4, 0.5) is 24.5 Å². The molecule has 0 amide bonds. The van der Waals surface area contributed by atoms with Gasteiger partial charge >= 0.3 is 15.5 Å². The minimum atomic E-state index is -5.64. The van der Waals surface area contributed by atoms with Crippen LogP contribution in [0.25, 0.3) is 32.7 Å². The molecule has 4 aromatic carbocycles. The molecular formula is C21H13Br2F3N2O2S. The first-order valence-corrected chi connectivity index (χ1v) is 11.8. The second kappa shape index (κ2) is 7.68. The summed E-state index contributed by atoms with van der Waals surface area (Å²) in [5, 5.41) is 2.71. The van der Waals surface area contributed by atoms with Gasteiger partial charge < -0.3 is 5.73 Å². The molecule has 10 heteroatoms. The van der Waals surface area contributed by atoms with Crippen molar-refractivity contribution in [2.24, 2.45) is 0 Å². The average Bonchev–Trinajstić information content (AvgIpc) is 2.67. The number of sulfonamides is 1. The second-order valence-electron chi connectivity index (χ2n) is 6.80. The molecule has 160 valence electrons. The standard InChI is InChI=1S/C21H13Br2F3N2O2S/c22-13-3-5-15-11(9-13)1-7-17(27)19(15)20-16-6-4-14(23)10-12(16)2-8-18(20)28-31(29,30)21(24,25)26/h1-10,28H,27H2. The van der Waals surface area contributed by atoms with Crippen LogP contribution in [0.2, 0.25) is 0 Å². The van der Waals surface area contributed by atoms with Crippen molar-refractivity contribution in [2.75, 3.05) is 10.5 Å². The monoisotopic (exact) mass is 572 g/mol. The van der Waals surface area contributed by atoms with Gasteiger partial charge in [-0.05, 0) is 57.9 Å². The Morgan fingerprint density at radius 1 is 0.774 bits per heavy atom. The molecule has 0 radical (unpaired) electrons. The molecule has 0 aliphatic rings. The predicted octanol–water partition coefficient (Wildman–Crippen LogP) is 7.03. The third-order valence-electron chi connectivity index (χ3n) is 4.79. The number of halogens is 5. The normalized spacial score (nSPS) is 12.4. The highest BCUT2D eigenvalue weighted by molar-refractivity contribution is 9.10. The highest BCUT2D eigenvalue weighted by Crippen LogP contribution is 2.44. The van der Waals surface area contributed by atoms with Gasteiger partial charge in [0, 0.05) is 25.8 Å². The van der Waals surface area contributed by atoms with Crippen molar-refractivity contribution in [3.05, 3.63) is 69.6 Å². The number of nitrogens with two attached hydrogens (primary N) is 1. The molecule has 0 bridgehead atoms. The first-order chi connectivity index (χ1) is 14.5. The number of alkyl halides is 3. The predicted molar refractivity (Wildman–Crippen MR) is 125 cm³/mol. The zero-order valence-electron chi connectivity index (χ0n) is 15.5. The van der Waals surface area contributed by atoms with Gasteiger partial charge in [-0.2, -0.15) is 21.6 Å². The Morgan fingerprint density at radius 2 is 1.29 bits per heavy atom. The van der Waals surface area contributed by atoms with E-state index in [0.29, 0.717) is 27.4 Å². The minimum absolute atomic E-state index is 0.214. The Morgan fingerprint density at radius 3 is 1.84 bits per heavy atom. The average molecular weight is 574 g/mol. The van der Waals surface area contributed by atoms with E-state index in [2.05, 4.69) is 31.9 Å². The molecule has 0 spiro atoms. The summed E-state index contributed by atoms with van der Waals surface area (Å²) in [4.78, 5) is 0. The number of hydrogen-bond donors (Lipinski definition) is 2. The number of fused-ring (bicyclic) bond motifs is 2. The zero-order chi connectivity index (χ0) is 22.6. The largest absolute Gasteiger partial charge is 0.516 e. The van der Waals surface area contributed by atoms with E-state index >= 15 is 0 Å². The summed E-state index contributed by atoms with van der Waals surface area (Å²) >= 11 is 6.78. The van der Waals surface area contributed by atoms with Gasteiger partial charge in [0.1, 0.15) is 0 Å². The minimum Gasteiger partial charge on any atom is -0.398 e. The van der Waals surface area contributed by atoms with E-state index in [1.54, 1.807) is 53.3 Å². The third-order valence-corrected chi connectivity index (χ3v) is 6.88. The van der Waals surface area contributed by atoms with Gasteiger partial charge in [-0.25, -0.2) is 0 Å². The van der Waals surface area contributed by atoms with Crippen molar-refractivity contribution >= 4 is 74.8 Å². The van der Waals surface area contributed by atoms with Crippen LogP contribution >= 0.6 is 31.9 Å². The number of nitrogens with one attached hydrogen (secondary N) is 1. The molecule has 0 saturated heterocycles. The molecular weight excluding hydrogens is 561 g/mol. The van der Waals surface area contributed by atoms with Crippen molar-refractivity contribution in [1.82, 2.24) is 0 Å². The lowest BCUT2D eigenvalue weighted by atomic mass is 9.91. The summed E-state index contributed by atoms with van der Waals surface area (Å²) in [6, 6.07) is 16.9. The highest BCUT2D eigenvalue weighted by atomic mass is 79.9. The molecule has 0 heterocycles. The summed E-state index contributed by atoms with van der Waals surface area (Å²) in [6.07, 6.45) is 0. The molecule has 0 fully saturated rings. The lowest BCUT2D eigenvalue weighted by Gasteiger charge is -2.19. The van der Waals surface area contributed by atoms with Gasteiger partial charge in [-0.15, -0.1) is 0 Å². The van der Waals surface area contributed by atoms with E-state index in [-0.39, 0.29) is 11.3 Å². The Balaban J connectivity index is 2.12. The van der Waals surface area contributed by atoms with Crippen LogP contribution in [0, 0.1) is 0 Å². The summed E-state index contributed by atoms with van der Waals surface area (Å²) in [6.45, 7) is 0. The Labute approximate surface area is 192 Å². The van der Waals surface area contributed by atoms with Gasteiger partial charge in [0.25, 0.3) is 0 Å². The lowest BCUT2D eigenvalue weighted by molar-refractivity contribution is -0.0429. The van der Waals surface area contributed by atoms with E-state index in [4.69, 9.17) is 5.73 Å². The number of anilines is 2. The smallest absolute Gasteiger partial charge is 0.398 e. The van der Waals surface area contributed by atoms with Crippen LogP contribution in [0.15, 0.2) is 69.6 Å². The molecule has 3 N–H and O–H groups in total. The van der Waals surface area contributed by atoms with Crippen LogP contribution < -0.4 is 10.5 Å². The van der Waals surface area contributed by atoms with Gasteiger partial charge in [-0.1, -0.05) is 56.1 Å². The van der Waals surface area contributed by atoms with Crippen LogP contribution in [0.5, 0.6) is 0 Å². The maximum Gasteiger partial charge on any atom is 0.516 e. The fraction of sp³-hybridized carbons (Fsp3) is 0.0476. The molecule has 0 aromatic heterocycles. The van der Waals surface area contributed by atoms with Crippen LogP contribution in [0.3, 0.4) is 0 Å². The maximum absolute atomic E-state index is 13.1. The SMILES string of the molecule is Nc1ccc2cc(Br)ccc2c1-c1c(NS(=O)(=O)C(F)(F)F)ccc2cc(Br)ccc12. The van der Waals surface area contributed by atoms with Crippen LogP contribution in [-0.2, 0) is 10.0 Å². The Hall–Kier alpha value is -2.30. The zero-order valence-corrected chi connectivity index (χ0v) is 19.5. The van der Waals surface area contributed by atoms with Gasteiger partial charge in [0.15, 0.2) is 0 Å². The molecule has 4 rings (SSSR count). The Bertz CT molecular complexity index is 1450. The van der Waals surface area contributed by atoms with E-state index in [1.807, 2.05) is 6.07 Å². The number of nitrogen functional groups attached to an aromatic ring is 1. The van der Waals surface area contributed by atoms with E-state index in [0.717, 1.165) is 14.3 Å². The van der Waals surface area contributed by atoms with Crippen molar-refractivity contribution in [3.63, 3.8) is 0 Å². The maximum atomic E-state index is 13.1. The number of hydrogen-bond acceptors (Lipinski definition) is 3. The topological polar surface area (TPSA) is 72.2 Å². The third kappa shape index (κ3) is 3.99. The Kier molecular flexibility index (Phi) is 5.43. The molecule has 0 saturated carbocycles. The summed E-state index contributed by atoms with van der Waals surface area (Å²) in [5.41, 5.74) is 1.61. The number of benzene rings is 4. The lowest BCUT2D eigenvalue weighted by Crippen LogP contribution is -2.30. The molecule has 4 aromatic rings. The van der Waals surface area contributed by atoms with Crippen molar-refractivity contribution in [3.8, 4) is 11.1 Å². The summed E-state index contributed by atoms with van der Waals surface area (Å²) in [5.74, 6) is 0. The highest BCUT2D eigenvalue weighted by Gasteiger charge is 2.46. The van der Waals surface area contributed by atoms with Crippen LogP contribution in [0.1, 0.15) is 0 Å². The fourth-order valence-corrected chi connectivity index (χ4v) is 4.79.